The van der Waals surface area contributed by atoms with Gasteiger partial charge in [0.15, 0.2) is 5.78 Å². The minimum Gasteiger partial charge on any atom is -0.411 e. The first kappa shape index (κ1) is 19.2. The summed E-state index contributed by atoms with van der Waals surface area (Å²) < 4.78 is 6.54. The van der Waals surface area contributed by atoms with E-state index in [1.54, 1.807) is 24.3 Å². The Hall–Kier alpha value is -1.15. The van der Waals surface area contributed by atoms with Gasteiger partial charge in [-0.1, -0.05) is 39.3 Å². The molecule has 0 aliphatic heterocycles. The van der Waals surface area contributed by atoms with Crippen molar-refractivity contribution in [1.29, 1.82) is 0 Å². The van der Waals surface area contributed by atoms with E-state index >= 15 is 0 Å². The molecule has 24 heavy (non-hydrogen) atoms. The number of hydrogen-bond acceptors (Lipinski definition) is 5. The van der Waals surface area contributed by atoms with Crippen LogP contribution >= 0.6 is 56.3 Å². The third-order valence-corrected chi connectivity index (χ3v) is 4.59. The van der Waals surface area contributed by atoms with Crippen molar-refractivity contribution in [2.45, 2.75) is 5.22 Å². The Bertz CT molecular complexity index is 823. The smallest absolute Gasteiger partial charge is 0.277 e. The predicted molar refractivity (Wildman–Crippen MR) is 104 cm³/mol. The van der Waals surface area contributed by atoms with Crippen LogP contribution in [0, 0.1) is 0 Å². The maximum absolute atomic E-state index is 12.1. The van der Waals surface area contributed by atoms with Crippen LogP contribution in [0.4, 0.5) is 0 Å². The molecular weight excluding hydrogens is 480 g/mol. The van der Waals surface area contributed by atoms with Crippen molar-refractivity contribution < 1.29 is 9.21 Å². The van der Waals surface area contributed by atoms with Gasteiger partial charge in [0.1, 0.15) is 0 Å². The maximum atomic E-state index is 12.1. The number of halogens is 3. The molecule has 0 aliphatic rings. The van der Waals surface area contributed by atoms with Crippen LogP contribution in [0.15, 0.2) is 62.6 Å². The molecule has 4 nitrogen and oxygen atoms in total. The second kappa shape index (κ2) is 8.80. The van der Waals surface area contributed by atoms with Crippen LogP contribution in [0.25, 0.3) is 11.5 Å². The van der Waals surface area contributed by atoms with Gasteiger partial charge < -0.3 is 4.42 Å². The van der Waals surface area contributed by atoms with Crippen LogP contribution in [-0.2, 0) is 0 Å². The highest BCUT2D eigenvalue weighted by Crippen LogP contribution is 2.25. The molecule has 2 aromatic carbocycles. The summed E-state index contributed by atoms with van der Waals surface area (Å²) in [6.07, 6.45) is 0. The predicted octanol–water partition coefficient (Wildman–Crippen LogP) is 5.71. The lowest BCUT2D eigenvalue weighted by Crippen LogP contribution is -2.01. The first-order chi connectivity index (χ1) is 11.1. The number of thioether (sulfide) groups is 1. The van der Waals surface area contributed by atoms with Crippen molar-refractivity contribution in [3.05, 3.63) is 63.6 Å². The molecule has 0 radical (unpaired) electrons. The molecule has 1 heterocycles. The molecule has 1 aromatic heterocycles. The minimum absolute atomic E-state index is 0. The highest BCUT2D eigenvalue weighted by Gasteiger charge is 2.12. The summed E-state index contributed by atoms with van der Waals surface area (Å²) in [6.45, 7) is 0. The van der Waals surface area contributed by atoms with Crippen molar-refractivity contribution in [2.24, 2.45) is 0 Å². The Morgan fingerprint density at radius 2 is 1.75 bits per heavy atom. The molecule has 0 saturated carbocycles. The molecule has 0 saturated heterocycles. The third kappa shape index (κ3) is 4.92. The summed E-state index contributed by atoms with van der Waals surface area (Å²) >= 11 is 10.4. The van der Waals surface area contributed by atoms with E-state index in [-0.39, 0.29) is 28.5 Å². The van der Waals surface area contributed by atoms with Gasteiger partial charge >= 0.3 is 0 Å². The normalized spacial score (nSPS) is 10.2. The summed E-state index contributed by atoms with van der Waals surface area (Å²) in [4.78, 5) is 12.1. The molecule has 0 N–H and O–H groups in total. The van der Waals surface area contributed by atoms with Crippen LogP contribution < -0.4 is 0 Å². The molecule has 0 amide bonds. The molecule has 0 bridgehead atoms. The molecule has 0 fully saturated rings. The quantitative estimate of drug-likeness (QED) is 0.339. The molecular formula is C16H11Br2ClN2O2S. The summed E-state index contributed by atoms with van der Waals surface area (Å²) in [7, 11) is 0. The van der Waals surface area contributed by atoms with E-state index in [9.17, 15) is 4.79 Å². The van der Waals surface area contributed by atoms with Gasteiger partial charge in [0.25, 0.3) is 5.22 Å². The maximum Gasteiger partial charge on any atom is 0.277 e. The van der Waals surface area contributed by atoms with Crippen LogP contribution in [-0.4, -0.2) is 21.7 Å². The van der Waals surface area contributed by atoms with Crippen molar-refractivity contribution in [2.75, 3.05) is 5.75 Å². The number of Topliss-reactive ketones (excluding diaryl/α,β-unsaturated/α-hetero) is 1. The van der Waals surface area contributed by atoms with Crippen molar-refractivity contribution in [1.82, 2.24) is 10.2 Å². The summed E-state index contributed by atoms with van der Waals surface area (Å²) in [5, 5.41) is 8.92. The Labute approximate surface area is 166 Å². The number of rotatable bonds is 5. The van der Waals surface area contributed by atoms with E-state index in [0.717, 1.165) is 10.0 Å². The summed E-state index contributed by atoms with van der Waals surface area (Å²) in [6, 6.07) is 14.3. The van der Waals surface area contributed by atoms with Crippen LogP contribution in [0.1, 0.15) is 10.4 Å². The Morgan fingerprint density at radius 1 is 1.08 bits per heavy atom. The lowest BCUT2D eigenvalue weighted by molar-refractivity contribution is 0.102. The zero-order chi connectivity index (χ0) is 16.2. The number of benzene rings is 2. The van der Waals surface area contributed by atoms with E-state index in [1.165, 1.54) is 11.8 Å². The molecule has 124 valence electrons. The summed E-state index contributed by atoms with van der Waals surface area (Å²) in [5.74, 6) is 0.637. The average molecular weight is 491 g/mol. The second-order valence-corrected chi connectivity index (χ2v) is 6.88. The summed E-state index contributed by atoms with van der Waals surface area (Å²) in [5.41, 5.74) is 1.44. The van der Waals surface area contributed by atoms with E-state index in [2.05, 4.69) is 26.1 Å². The SMILES string of the molecule is Br.O=C(CSc1nnc(-c2ccc(Br)cc2)o1)c1ccc(Cl)cc1. The van der Waals surface area contributed by atoms with E-state index in [0.29, 0.717) is 21.7 Å². The van der Waals surface area contributed by atoms with Crippen molar-refractivity contribution in [3.8, 4) is 11.5 Å². The molecule has 3 rings (SSSR count). The first-order valence-electron chi connectivity index (χ1n) is 6.63. The Morgan fingerprint density at radius 3 is 2.42 bits per heavy atom. The fourth-order valence-electron chi connectivity index (χ4n) is 1.82. The number of carbonyl (C=O) groups is 1. The average Bonchev–Trinajstić information content (AvgIpc) is 3.03. The highest BCUT2D eigenvalue weighted by molar-refractivity contribution is 9.10. The van der Waals surface area contributed by atoms with Gasteiger partial charge in [-0.15, -0.1) is 27.2 Å². The standard InChI is InChI=1S/C16H10BrClN2O2S.BrH/c17-12-5-1-11(2-6-12)15-19-20-16(22-15)23-9-14(21)10-3-7-13(18)8-4-10;/h1-8H,9H2;1H. The number of ketones is 1. The number of nitrogens with zero attached hydrogens (tertiary/aromatic N) is 2. The van der Waals surface area contributed by atoms with E-state index in [1.807, 2.05) is 24.3 Å². The van der Waals surface area contributed by atoms with E-state index < -0.39 is 0 Å². The van der Waals surface area contributed by atoms with Crippen molar-refractivity contribution in [3.63, 3.8) is 0 Å². The Kier molecular flexibility index (Phi) is 7.03. The fraction of sp³-hybridized carbons (Fsp3) is 0.0625. The Balaban J connectivity index is 0.00000208. The van der Waals surface area contributed by atoms with Gasteiger partial charge in [-0.25, -0.2) is 0 Å². The lowest BCUT2D eigenvalue weighted by atomic mass is 10.1. The van der Waals surface area contributed by atoms with Gasteiger partial charge in [0.2, 0.25) is 5.89 Å². The molecule has 0 unspecified atom stereocenters. The minimum atomic E-state index is -0.0185. The lowest BCUT2D eigenvalue weighted by Gasteiger charge is -1.99. The van der Waals surface area contributed by atoms with Gasteiger partial charge in [-0.3, -0.25) is 4.79 Å². The van der Waals surface area contributed by atoms with Gasteiger partial charge in [-0.2, -0.15) is 0 Å². The zero-order valence-electron chi connectivity index (χ0n) is 12.1. The van der Waals surface area contributed by atoms with Crippen molar-refractivity contribution >= 4 is 62.1 Å². The molecule has 0 spiro atoms. The van der Waals surface area contributed by atoms with Gasteiger partial charge in [0, 0.05) is 20.6 Å². The van der Waals surface area contributed by atoms with E-state index in [4.69, 9.17) is 16.0 Å². The zero-order valence-corrected chi connectivity index (χ0v) is 17.0. The topological polar surface area (TPSA) is 56.0 Å². The fourth-order valence-corrected chi connectivity index (χ4v) is 2.87. The third-order valence-electron chi connectivity index (χ3n) is 2.99. The molecule has 0 atom stereocenters. The number of carbonyl (C=O) groups excluding carboxylic acids is 1. The first-order valence-corrected chi connectivity index (χ1v) is 8.78. The highest BCUT2D eigenvalue weighted by atomic mass is 79.9. The molecule has 0 aliphatic carbocycles. The van der Waals surface area contributed by atoms with Crippen LogP contribution in [0.2, 0.25) is 5.02 Å². The number of aromatic nitrogens is 2. The monoisotopic (exact) mass is 488 g/mol. The van der Waals surface area contributed by atoms with Crippen LogP contribution in [0.5, 0.6) is 0 Å². The number of hydrogen-bond donors (Lipinski definition) is 0. The molecule has 3 aromatic rings. The van der Waals surface area contributed by atoms with Gasteiger partial charge in [-0.05, 0) is 48.5 Å². The van der Waals surface area contributed by atoms with Crippen LogP contribution in [0.3, 0.4) is 0 Å². The van der Waals surface area contributed by atoms with Gasteiger partial charge in [0.05, 0.1) is 5.75 Å². The largest absolute Gasteiger partial charge is 0.411 e. The molecule has 8 heteroatoms. The second-order valence-electron chi connectivity index (χ2n) is 4.60.